The summed E-state index contributed by atoms with van der Waals surface area (Å²) >= 11 is 0. The Balaban J connectivity index is 1.63. The highest BCUT2D eigenvalue weighted by Gasteiger charge is 2.26. The van der Waals surface area contributed by atoms with Crippen molar-refractivity contribution in [2.75, 3.05) is 6.54 Å². The van der Waals surface area contributed by atoms with Crippen molar-refractivity contribution in [2.45, 2.75) is 23.9 Å². The summed E-state index contributed by atoms with van der Waals surface area (Å²) in [5, 5.41) is 2.25. The molecule has 4 rings (SSSR count). The summed E-state index contributed by atoms with van der Waals surface area (Å²) in [6.07, 6.45) is 0. The molecule has 4 aromatic rings. The van der Waals surface area contributed by atoms with Crippen molar-refractivity contribution < 1.29 is 13.7 Å². The number of aryl methyl sites for hydroxylation is 1. The maximum absolute atomic E-state index is 13.0. The van der Waals surface area contributed by atoms with Crippen molar-refractivity contribution in [3.63, 3.8) is 0 Å². The molecule has 0 saturated carbocycles. The highest BCUT2D eigenvalue weighted by atomic mass is 32.2. The van der Waals surface area contributed by atoms with Crippen LogP contribution in [0, 0.1) is 6.92 Å². The van der Waals surface area contributed by atoms with E-state index in [-0.39, 0.29) is 23.5 Å². The summed E-state index contributed by atoms with van der Waals surface area (Å²) in [5.74, 6) is 0. The van der Waals surface area contributed by atoms with E-state index in [1.807, 2.05) is 85.8 Å². The Morgan fingerprint density at radius 3 is 1.61 bits per heavy atom. The van der Waals surface area contributed by atoms with Gasteiger partial charge in [0.15, 0.2) is 0 Å². The minimum Gasteiger partial charge on any atom is -0.329 e. The SMILES string of the molecule is Cc1ccc(S(=O)(=O)NCC([NH2+]C(c2ccccc2)c2ccccc2)c2ccccc2)cc1. The molecule has 3 N–H and O–H groups in total. The van der Waals surface area contributed by atoms with Crippen LogP contribution in [0.4, 0.5) is 0 Å². The van der Waals surface area contributed by atoms with Crippen LogP contribution in [0.2, 0.25) is 0 Å². The maximum Gasteiger partial charge on any atom is 0.240 e. The Morgan fingerprint density at radius 1 is 0.667 bits per heavy atom. The van der Waals surface area contributed by atoms with E-state index in [2.05, 4.69) is 34.3 Å². The van der Waals surface area contributed by atoms with E-state index in [0.29, 0.717) is 0 Å². The number of nitrogens with one attached hydrogen (secondary N) is 1. The molecule has 0 spiro atoms. The van der Waals surface area contributed by atoms with Gasteiger partial charge in [-0.05, 0) is 19.1 Å². The summed E-state index contributed by atoms with van der Waals surface area (Å²) < 4.78 is 28.8. The van der Waals surface area contributed by atoms with E-state index in [1.54, 1.807) is 12.1 Å². The van der Waals surface area contributed by atoms with Crippen LogP contribution in [-0.2, 0) is 10.0 Å². The van der Waals surface area contributed by atoms with Crippen LogP contribution in [0.15, 0.2) is 120 Å². The number of nitrogens with two attached hydrogens (primary N) is 1. The Hall–Kier alpha value is -3.25. The molecule has 0 aliphatic rings. The number of hydrogen-bond donors (Lipinski definition) is 2. The molecule has 0 fully saturated rings. The molecule has 4 aromatic carbocycles. The third-order valence-electron chi connectivity index (χ3n) is 5.79. The van der Waals surface area contributed by atoms with Crippen molar-refractivity contribution in [3.8, 4) is 0 Å². The second-order valence-corrected chi connectivity index (χ2v) is 9.94. The van der Waals surface area contributed by atoms with E-state index in [9.17, 15) is 8.42 Å². The molecule has 0 radical (unpaired) electrons. The first-order chi connectivity index (χ1) is 16.0. The topological polar surface area (TPSA) is 62.8 Å². The standard InChI is InChI=1S/C28H28N2O2S/c1-22-17-19-26(20-18-22)33(31,32)29-21-27(23-11-5-2-6-12-23)30-28(24-13-7-3-8-14-24)25-15-9-4-10-16-25/h2-20,27-30H,21H2,1H3/p+1. The van der Waals surface area contributed by atoms with Crippen LogP contribution in [0.1, 0.15) is 34.3 Å². The quantitative estimate of drug-likeness (QED) is 0.392. The molecule has 1 atom stereocenters. The van der Waals surface area contributed by atoms with Crippen molar-refractivity contribution >= 4 is 10.0 Å². The summed E-state index contributed by atoms with van der Waals surface area (Å²) in [4.78, 5) is 0.280. The predicted octanol–water partition coefficient (Wildman–Crippen LogP) is 4.37. The van der Waals surface area contributed by atoms with Crippen LogP contribution in [0.5, 0.6) is 0 Å². The molecule has 0 aromatic heterocycles. The molecular weight excluding hydrogens is 428 g/mol. The van der Waals surface area contributed by atoms with Gasteiger partial charge in [-0.2, -0.15) is 0 Å². The summed E-state index contributed by atoms with van der Waals surface area (Å²) in [7, 11) is -3.62. The van der Waals surface area contributed by atoms with Gasteiger partial charge in [-0.3, -0.25) is 0 Å². The van der Waals surface area contributed by atoms with E-state index in [0.717, 1.165) is 11.1 Å². The van der Waals surface area contributed by atoms with Gasteiger partial charge in [0.25, 0.3) is 0 Å². The number of quaternary nitrogens is 1. The van der Waals surface area contributed by atoms with Gasteiger partial charge in [0.1, 0.15) is 12.1 Å². The van der Waals surface area contributed by atoms with Crippen molar-refractivity contribution in [1.82, 2.24) is 4.72 Å². The molecule has 5 heteroatoms. The fourth-order valence-corrected chi connectivity index (χ4v) is 5.03. The molecule has 0 bridgehead atoms. The highest BCUT2D eigenvalue weighted by Crippen LogP contribution is 2.20. The zero-order valence-electron chi connectivity index (χ0n) is 18.6. The average Bonchev–Trinajstić information content (AvgIpc) is 2.86. The largest absolute Gasteiger partial charge is 0.329 e. The van der Waals surface area contributed by atoms with E-state index < -0.39 is 10.0 Å². The summed E-state index contributed by atoms with van der Waals surface area (Å²) in [6, 6.07) is 37.5. The molecule has 1 unspecified atom stereocenters. The lowest BCUT2D eigenvalue weighted by Gasteiger charge is -2.24. The first-order valence-electron chi connectivity index (χ1n) is 11.1. The molecule has 0 aliphatic heterocycles. The third kappa shape index (κ3) is 5.96. The van der Waals surface area contributed by atoms with Gasteiger partial charge < -0.3 is 5.32 Å². The second-order valence-electron chi connectivity index (χ2n) is 8.17. The Bertz CT molecular complexity index is 1200. The van der Waals surface area contributed by atoms with Gasteiger partial charge in [-0.25, -0.2) is 13.1 Å². The van der Waals surface area contributed by atoms with Gasteiger partial charge in [0, 0.05) is 16.7 Å². The molecule has 0 heterocycles. The van der Waals surface area contributed by atoms with Crippen molar-refractivity contribution in [1.29, 1.82) is 0 Å². The maximum atomic E-state index is 13.0. The third-order valence-corrected chi connectivity index (χ3v) is 7.23. The van der Waals surface area contributed by atoms with Crippen LogP contribution >= 0.6 is 0 Å². The first-order valence-corrected chi connectivity index (χ1v) is 12.6. The lowest BCUT2D eigenvalue weighted by molar-refractivity contribution is -0.724. The average molecular weight is 458 g/mol. The monoisotopic (exact) mass is 457 g/mol. The zero-order chi connectivity index (χ0) is 23.1. The highest BCUT2D eigenvalue weighted by molar-refractivity contribution is 7.89. The molecular formula is C28H29N2O2S+. The number of hydrogen-bond acceptors (Lipinski definition) is 2. The Morgan fingerprint density at radius 2 is 1.12 bits per heavy atom. The second kappa shape index (κ2) is 10.6. The minimum absolute atomic E-state index is 0.0292. The fourth-order valence-electron chi connectivity index (χ4n) is 3.97. The Kier molecular flexibility index (Phi) is 7.35. The van der Waals surface area contributed by atoms with E-state index >= 15 is 0 Å². The summed E-state index contributed by atoms with van der Waals surface area (Å²) in [6.45, 7) is 2.22. The fraction of sp³-hybridized carbons (Fsp3) is 0.143. The van der Waals surface area contributed by atoms with Gasteiger partial charge >= 0.3 is 0 Å². The van der Waals surface area contributed by atoms with Crippen LogP contribution in [-0.4, -0.2) is 15.0 Å². The molecule has 0 saturated heterocycles. The number of rotatable bonds is 9. The smallest absolute Gasteiger partial charge is 0.240 e. The number of sulfonamides is 1. The van der Waals surface area contributed by atoms with Crippen LogP contribution < -0.4 is 10.0 Å². The van der Waals surface area contributed by atoms with Gasteiger partial charge in [-0.15, -0.1) is 0 Å². The molecule has 33 heavy (non-hydrogen) atoms. The zero-order valence-corrected chi connectivity index (χ0v) is 19.5. The van der Waals surface area contributed by atoms with E-state index in [4.69, 9.17) is 0 Å². The molecule has 4 nitrogen and oxygen atoms in total. The van der Waals surface area contributed by atoms with E-state index in [1.165, 1.54) is 11.1 Å². The molecule has 168 valence electrons. The van der Waals surface area contributed by atoms with Gasteiger partial charge in [-0.1, -0.05) is 109 Å². The molecule has 0 amide bonds. The molecule has 0 aliphatic carbocycles. The normalized spacial score (nSPS) is 12.5. The van der Waals surface area contributed by atoms with Gasteiger partial charge in [0.05, 0.1) is 11.4 Å². The van der Waals surface area contributed by atoms with Crippen molar-refractivity contribution in [2.24, 2.45) is 0 Å². The van der Waals surface area contributed by atoms with Crippen molar-refractivity contribution in [3.05, 3.63) is 138 Å². The Labute approximate surface area is 196 Å². The lowest BCUT2D eigenvalue weighted by Crippen LogP contribution is -2.87. The first kappa shape index (κ1) is 22.9. The lowest BCUT2D eigenvalue weighted by atomic mass is 9.96. The predicted molar refractivity (Wildman–Crippen MR) is 132 cm³/mol. The summed E-state index contributed by atoms with van der Waals surface area (Å²) in [5.41, 5.74) is 4.44. The van der Waals surface area contributed by atoms with Crippen LogP contribution in [0.25, 0.3) is 0 Å². The number of benzene rings is 4. The van der Waals surface area contributed by atoms with Gasteiger partial charge in [0.2, 0.25) is 10.0 Å². The van der Waals surface area contributed by atoms with Crippen LogP contribution in [0.3, 0.4) is 0 Å². The minimum atomic E-state index is -3.62.